The van der Waals surface area contributed by atoms with Crippen molar-refractivity contribution in [2.75, 3.05) is 13.4 Å². The van der Waals surface area contributed by atoms with Crippen LogP contribution >= 0.6 is 0 Å². The number of rotatable bonds is 8. The minimum atomic E-state index is -0.315. The highest BCUT2D eigenvalue weighted by Gasteiger charge is 2.22. The second-order valence-electron chi connectivity index (χ2n) is 5.46. The predicted molar refractivity (Wildman–Crippen MR) is 70.4 cm³/mol. The minimum Gasteiger partial charge on any atom is -0.464 e. The average Bonchev–Trinajstić information content (AvgIpc) is 3.27. The Morgan fingerprint density at radius 1 is 1.21 bits per heavy atom. The Hall–Kier alpha value is -1.13. The maximum absolute atomic E-state index is 13.8. The van der Waals surface area contributed by atoms with Crippen molar-refractivity contribution < 1.29 is 13.9 Å². The van der Waals surface area contributed by atoms with Crippen LogP contribution in [0.3, 0.4) is 0 Å². The van der Waals surface area contributed by atoms with Gasteiger partial charge in [0.2, 0.25) is 0 Å². The molecular formula is C15H20FNO2. The Morgan fingerprint density at radius 3 is 2.79 bits per heavy atom. The molecule has 0 spiro atoms. The van der Waals surface area contributed by atoms with Gasteiger partial charge in [-0.2, -0.15) is 0 Å². The van der Waals surface area contributed by atoms with Crippen molar-refractivity contribution in [1.29, 1.82) is 0 Å². The summed E-state index contributed by atoms with van der Waals surface area (Å²) in [6.45, 7) is 1.51. The highest BCUT2D eigenvalue weighted by Crippen LogP contribution is 2.29. The Morgan fingerprint density at radius 2 is 2.05 bits per heavy atom. The van der Waals surface area contributed by atoms with Gasteiger partial charge < -0.3 is 14.8 Å². The summed E-state index contributed by atoms with van der Waals surface area (Å²) in [4.78, 5) is 0. The fraction of sp³-hybridized carbons (Fsp3) is 0.600. The molecule has 0 saturated heterocycles. The molecule has 0 radical (unpaired) electrons. The summed E-state index contributed by atoms with van der Waals surface area (Å²) in [5, 5.41) is 3.37. The highest BCUT2D eigenvalue weighted by atomic mass is 19.1. The molecule has 2 aliphatic rings. The van der Waals surface area contributed by atoms with Crippen LogP contribution in [0.15, 0.2) is 18.2 Å². The van der Waals surface area contributed by atoms with Crippen LogP contribution in [0.4, 0.5) is 4.39 Å². The van der Waals surface area contributed by atoms with E-state index in [4.69, 9.17) is 9.47 Å². The van der Waals surface area contributed by atoms with E-state index < -0.39 is 0 Å². The molecule has 2 fully saturated rings. The van der Waals surface area contributed by atoms with E-state index in [1.807, 2.05) is 6.07 Å². The molecule has 1 aromatic carbocycles. The molecule has 0 bridgehead atoms. The quantitative estimate of drug-likeness (QED) is 0.579. The fourth-order valence-electron chi connectivity index (χ4n) is 2.00. The van der Waals surface area contributed by atoms with Gasteiger partial charge in [0.1, 0.15) is 0 Å². The van der Waals surface area contributed by atoms with E-state index in [2.05, 4.69) is 5.32 Å². The Bertz CT molecular complexity index is 430. The third-order valence-corrected chi connectivity index (χ3v) is 3.54. The van der Waals surface area contributed by atoms with Crippen molar-refractivity contribution in [3.05, 3.63) is 29.6 Å². The monoisotopic (exact) mass is 265 g/mol. The largest absolute Gasteiger partial charge is 0.464 e. The van der Waals surface area contributed by atoms with Gasteiger partial charge in [-0.25, -0.2) is 4.39 Å². The van der Waals surface area contributed by atoms with Gasteiger partial charge in [-0.05, 0) is 37.7 Å². The van der Waals surface area contributed by atoms with Crippen LogP contribution in [0.25, 0.3) is 0 Å². The molecule has 104 valence electrons. The van der Waals surface area contributed by atoms with Gasteiger partial charge in [0.25, 0.3) is 0 Å². The molecule has 4 heteroatoms. The SMILES string of the molecule is Fc1cccc(CNC2CC2)c1OCOCC1CC1. The van der Waals surface area contributed by atoms with Gasteiger partial charge in [0, 0.05) is 18.2 Å². The van der Waals surface area contributed by atoms with Crippen LogP contribution in [-0.4, -0.2) is 19.4 Å². The molecule has 3 nitrogen and oxygen atoms in total. The van der Waals surface area contributed by atoms with Gasteiger partial charge in [-0.1, -0.05) is 12.1 Å². The molecule has 0 amide bonds. The van der Waals surface area contributed by atoms with E-state index in [1.54, 1.807) is 6.07 Å². The zero-order valence-electron chi connectivity index (χ0n) is 11.0. The second-order valence-corrected chi connectivity index (χ2v) is 5.46. The van der Waals surface area contributed by atoms with E-state index in [0.29, 0.717) is 24.3 Å². The van der Waals surface area contributed by atoms with Crippen molar-refractivity contribution in [3.63, 3.8) is 0 Å². The van der Waals surface area contributed by atoms with Crippen molar-refractivity contribution in [1.82, 2.24) is 5.32 Å². The molecule has 0 unspecified atom stereocenters. The first-order valence-corrected chi connectivity index (χ1v) is 7.04. The normalized spacial score (nSPS) is 18.6. The van der Waals surface area contributed by atoms with E-state index in [-0.39, 0.29) is 12.6 Å². The molecule has 0 atom stereocenters. The lowest BCUT2D eigenvalue weighted by Crippen LogP contribution is -2.17. The summed E-state index contributed by atoms with van der Waals surface area (Å²) in [6, 6.07) is 5.64. The number of hydrogen-bond acceptors (Lipinski definition) is 3. The second kappa shape index (κ2) is 5.88. The van der Waals surface area contributed by atoms with E-state index in [9.17, 15) is 4.39 Å². The smallest absolute Gasteiger partial charge is 0.189 e. The Labute approximate surface area is 113 Å². The molecule has 2 aliphatic carbocycles. The van der Waals surface area contributed by atoms with Gasteiger partial charge in [-0.15, -0.1) is 0 Å². The fourth-order valence-corrected chi connectivity index (χ4v) is 2.00. The van der Waals surface area contributed by atoms with Crippen molar-refractivity contribution in [3.8, 4) is 5.75 Å². The van der Waals surface area contributed by atoms with Gasteiger partial charge in [-0.3, -0.25) is 0 Å². The zero-order chi connectivity index (χ0) is 13.1. The van der Waals surface area contributed by atoms with E-state index in [0.717, 1.165) is 12.2 Å². The van der Waals surface area contributed by atoms with Crippen LogP contribution in [0.5, 0.6) is 5.75 Å². The first kappa shape index (κ1) is 12.9. The molecule has 0 heterocycles. The summed E-state index contributed by atoms with van der Waals surface area (Å²) in [5.41, 5.74) is 0.863. The summed E-state index contributed by atoms with van der Waals surface area (Å²) < 4.78 is 24.6. The van der Waals surface area contributed by atoms with E-state index in [1.165, 1.54) is 31.7 Å². The molecule has 0 aliphatic heterocycles. The van der Waals surface area contributed by atoms with Crippen LogP contribution in [0, 0.1) is 11.7 Å². The number of para-hydroxylation sites is 1. The molecule has 1 aromatic rings. The first-order chi connectivity index (χ1) is 9.33. The maximum Gasteiger partial charge on any atom is 0.189 e. The molecular weight excluding hydrogens is 245 g/mol. The topological polar surface area (TPSA) is 30.5 Å². The van der Waals surface area contributed by atoms with E-state index >= 15 is 0 Å². The number of nitrogens with one attached hydrogen (secondary N) is 1. The maximum atomic E-state index is 13.8. The summed E-state index contributed by atoms with van der Waals surface area (Å²) in [6.07, 6.45) is 4.93. The summed E-state index contributed by atoms with van der Waals surface area (Å²) in [7, 11) is 0. The Balaban J connectivity index is 1.53. The average molecular weight is 265 g/mol. The van der Waals surface area contributed by atoms with Gasteiger partial charge in [0.15, 0.2) is 18.4 Å². The third kappa shape index (κ3) is 3.91. The van der Waals surface area contributed by atoms with Crippen molar-refractivity contribution in [2.24, 2.45) is 5.92 Å². The lowest BCUT2D eigenvalue weighted by Gasteiger charge is -2.13. The van der Waals surface area contributed by atoms with Gasteiger partial charge in [0.05, 0.1) is 6.61 Å². The molecule has 2 saturated carbocycles. The third-order valence-electron chi connectivity index (χ3n) is 3.54. The number of ether oxygens (including phenoxy) is 2. The van der Waals surface area contributed by atoms with Crippen LogP contribution < -0.4 is 10.1 Å². The van der Waals surface area contributed by atoms with Crippen molar-refractivity contribution >= 4 is 0 Å². The van der Waals surface area contributed by atoms with Gasteiger partial charge >= 0.3 is 0 Å². The molecule has 1 N–H and O–H groups in total. The minimum absolute atomic E-state index is 0.133. The highest BCUT2D eigenvalue weighted by molar-refractivity contribution is 5.34. The predicted octanol–water partition coefficient (Wildman–Crippen LogP) is 2.84. The lowest BCUT2D eigenvalue weighted by molar-refractivity contribution is 0.00732. The lowest BCUT2D eigenvalue weighted by atomic mass is 10.2. The summed E-state index contributed by atoms with van der Waals surface area (Å²) in [5.74, 6) is 0.705. The Kier molecular flexibility index (Phi) is 3.99. The van der Waals surface area contributed by atoms with Crippen LogP contribution in [0.1, 0.15) is 31.2 Å². The standard InChI is InChI=1S/C15H20FNO2/c16-14-3-1-2-12(8-17-13-6-7-13)15(14)19-10-18-9-11-4-5-11/h1-3,11,13,17H,4-10H2. The molecule has 3 rings (SSSR count). The first-order valence-electron chi connectivity index (χ1n) is 7.04. The number of hydrogen-bond donors (Lipinski definition) is 1. The summed E-state index contributed by atoms with van der Waals surface area (Å²) >= 11 is 0. The molecule has 0 aromatic heterocycles. The zero-order valence-corrected chi connectivity index (χ0v) is 11.0. The van der Waals surface area contributed by atoms with Crippen LogP contribution in [0.2, 0.25) is 0 Å². The van der Waals surface area contributed by atoms with Crippen LogP contribution in [-0.2, 0) is 11.3 Å². The number of halogens is 1. The molecule has 19 heavy (non-hydrogen) atoms. The van der Waals surface area contributed by atoms with Crippen molar-refractivity contribution in [2.45, 2.75) is 38.3 Å². The number of benzene rings is 1.